The first kappa shape index (κ1) is 13.8. The van der Waals surface area contributed by atoms with E-state index in [0.717, 1.165) is 12.1 Å². The monoisotopic (exact) mass is 255 g/mol. The minimum atomic E-state index is -0.139. The molecule has 94 valence electrons. The van der Waals surface area contributed by atoms with Crippen LogP contribution >= 0.6 is 11.6 Å². The fraction of sp³-hybridized carbons (Fsp3) is 0.417. The van der Waals surface area contributed by atoms with Gasteiger partial charge in [-0.3, -0.25) is 0 Å². The second kappa shape index (κ2) is 6.47. The Morgan fingerprint density at radius 3 is 2.76 bits per heavy atom. The zero-order chi connectivity index (χ0) is 12.8. The highest BCUT2D eigenvalue weighted by molar-refractivity contribution is 6.31. The second-order valence-corrected chi connectivity index (χ2v) is 4.33. The van der Waals surface area contributed by atoms with Crippen molar-refractivity contribution in [2.24, 2.45) is 0 Å². The summed E-state index contributed by atoms with van der Waals surface area (Å²) in [6.45, 7) is 3.34. The Hall–Kier alpha value is -1.26. The van der Waals surface area contributed by atoms with Crippen molar-refractivity contribution in [1.29, 1.82) is 0 Å². The number of anilines is 1. The molecule has 2 amide bonds. The van der Waals surface area contributed by atoms with Crippen LogP contribution in [0.4, 0.5) is 10.5 Å². The molecule has 0 aliphatic carbocycles. The van der Waals surface area contributed by atoms with Crippen LogP contribution in [-0.2, 0) is 0 Å². The van der Waals surface area contributed by atoms with E-state index < -0.39 is 0 Å². The molecule has 0 saturated heterocycles. The van der Waals surface area contributed by atoms with Crippen LogP contribution < -0.4 is 10.6 Å². The molecule has 1 aromatic carbocycles. The third-order valence-corrected chi connectivity index (χ3v) is 2.87. The van der Waals surface area contributed by atoms with Crippen LogP contribution in [0.2, 0.25) is 5.02 Å². The molecule has 5 heteroatoms. The summed E-state index contributed by atoms with van der Waals surface area (Å²) < 4.78 is 0. The Balaban J connectivity index is 2.58. The van der Waals surface area contributed by atoms with E-state index in [1.807, 2.05) is 26.1 Å². The number of carbonyl (C=O) groups excluding carboxylic acids is 1. The van der Waals surface area contributed by atoms with Crippen LogP contribution in [-0.4, -0.2) is 38.1 Å². The van der Waals surface area contributed by atoms with Crippen LogP contribution in [0.3, 0.4) is 0 Å². The number of hydrogen-bond acceptors (Lipinski definition) is 2. The van der Waals surface area contributed by atoms with Crippen molar-refractivity contribution in [3.8, 4) is 0 Å². The number of amides is 2. The molecule has 0 saturated carbocycles. The molecule has 17 heavy (non-hydrogen) atoms. The first-order valence-electron chi connectivity index (χ1n) is 5.47. The predicted molar refractivity (Wildman–Crippen MR) is 71.8 cm³/mol. The number of hydrogen-bond donors (Lipinski definition) is 2. The maximum atomic E-state index is 11.8. The van der Waals surface area contributed by atoms with E-state index in [9.17, 15) is 4.79 Å². The van der Waals surface area contributed by atoms with Crippen LogP contribution in [0.15, 0.2) is 18.2 Å². The van der Waals surface area contributed by atoms with Crippen molar-refractivity contribution in [3.05, 3.63) is 28.8 Å². The normalized spacial score (nSPS) is 10.1. The van der Waals surface area contributed by atoms with Crippen LogP contribution in [0, 0.1) is 6.92 Å². The zero-order valence-electron chi connectivity index (χ0n) is 10.4. The SMILES string of the molecule is CNCCN(C)C(=O)Nc1ccc(C)c(Cl)c1. The number of aryl methyl sites for hydroxylation is 1. The number of likely N-dealkylation sites (N-methyl/N-ethyl adjacent to an activating group) is 2. The lowest BCUT2D eigenvalue weighted by molar-refractivity contribution is 0.223. The standard InChI is InChI=1S/C12H18ClN3O/c1-9-4-5-10(8-11(9)13)15-12(17)16(3)7-6-14-2/h4-5,8,14H,6-7H2,1-3H3,(H,15,17). The molecule has 0 radical (unpaired) electrons. The van der Waals surface area contributed by atoms with E-state index in [4.69, 9.17) is 11.6 Å². The molecule has 0 aliphatic heterocycles. The van der Waals surface area contributed by atoms with E-state index in [2.05, 4.69) is 10.6 Å². The Morgan fingerprint density at radius 1 is 1.47 bits per heavy atom. The van der Waals surface area contributed by atoms with Crippen molar-refractivity contribution in [2.45, 2.75) is 6.92 Å². The van der Waals surface area contributed by atoms with Crippen LogP contribution in [0.25, 0.3) is 0 Å². The minimum Gasteiger partial charge on any atom is -0.326 e. The highest BCUT2D eigenvalue weighted by Gasteiger charge is 2.08. The minimum absolute atomic E-state index is 0.139. The predicted octanol–water partition coefficient (Wildman–Crippen LogP) is 2.33. The molecular weight excluding hydrogens is 238 g/mol. The number of nitrogens with one attached hydrogen (secondary N) is 2. The Morgan fingerprint density at radius 2 is 2.18 bits per heavy atom. The molecule has 0 unspecified atom stereocenters. The average molecular weight is 256 g/mol. The maximum absolute atomic E-state index is 11.8. The van der Waals surface area contributed by atoms with Crippen molar-refractivity contribution in [1.82, 2.24) is 10.2 Å². The van der Waals surface area contributed by atoms with Crippen molar-refractivity contribution in [3.63, 3.8) is 0 Å². The van der Waals surface area contributed by atoms with E-state index in [-0.39, 0.29) is 6.03 Å². The lowest BCUT2D eigenvalue weighted by Gasteiger charge is -2.17. The molecule has 0 aromatic heterocycles. The van der Waals surface area contributed by atoms with Gasteiger partial charge in [-0.15, -0.1) is 0 Å². The molecule has 4 nitrogen and oxygen atoms in total. The van der Waals surface area contributed by atoms with Crippen LogP contribution in [0.5, 0.6) is 0 Å². The fourth-order valence-electron chi connectivity index (χ4n) is 1.27. The first-order valence-corrected chi connectivity index (χ1v) is 5.85. The average Bonchev–Trinajstić information content (AvgIpc) is 2.30. The van der Waals surface area contributed by atoms with Gasteiger partial charge >= 0.3 is 6.03 Å². The third-order valence-electron chi connectivity index (χ3n) is 2.47. The van der Waals surface area contributed by atoms with E-state index in [1.54, 1.807) is 18.0 Å². The summed E-state index contributed by atoms with van der Waals surface area (Å²) in [4.78, 5) is 13.4. The molecule has 2 N–H and O–H groups in total. The van der Waals surface area contributed by atoms with Gasteiger partial charge in [-0.25, -0.2) is 4.79 Å². The summed E-state index contributed by atoms with van der Waals surface area (Å²) in [5.74, 6) is 0. The highest BCUT2D eigenvalue weighted by Crippen LogP contribution is 2.20. The summed E-state index contributed by atoms with van der Waals surface area (Å²) in [7, 11) is 3.61. The van der Waals surface area contributed by atoms with Gasteiger partial charge in [0.2, 0.25) is 0 Å². The fourth-order valence-corrected chi connectivity index (χ4v) is 1.45. The summed E-state index contributed by atoms with van der Waals surface area (Å²) in [5.41, 5.74) is 1.70. The van der Waals surface area contributed by atoms with Gasteiger partial charge in [-0.2, -0.15) is 0 Å². The Labute approximate surface area is 107 Å². The van der Waals surface area contributed by atoms with Gasteiger partial charge in [-0.1, -0.05) is 17.7 Å². The van der Waals surface area contributed by atoms with Gasteiger partial charge in [0.05, 0.1) is 0 Å². The number of halogens is 1. The zero-order valence-corrected chi connectivity index (χ0v) is 11.1. The summed E-state index contributed by atoms with van der Waals surface area (Å²) in [6, 6.07) is 5.33. The third kappa shape index (κ3) is 4.24. The molecule has 0 bridgehead atoms. The van der Waals surface area contributed by atoms with Crippen molar-refractivity contribution in [2.75, 3.05) is 32.5 Å². The molecule has 1 aromatic rings. The van der Waals surface area contributed by atoms with Gasteiger partial charge in [0.15, 0.2) is 0 Å². The number of benzene rings is 1. The van der Waals surface area contributed by atoms with Crippen molar-refractivity contribution < 1.29 is 4.79 Å². The van der Waals surface area contributed by atoms with E-state index in [1.165, 1.54) is 0 Å². The van der Waals surface area contributed by atoms with Gasteiger partial charge in [0.1, 0.15) is 0 Å². The Bertz CT molecular complexity index is 395. The quantitative estimate of drug-likeness (QED) is 0.867. The molecule has 0 heterocycles. The second-order valence-electron chi connectivity index (χ2n) is 3.92. The van der Waals surface area contributed by atoms with Gasteiger partial charge in [0.25, 0.3) is 0 Å². The smallest absolute Gasteiger partial charge is 0.321 e. The molecule has 0 fully saturated rings. The molecule has 1 rings (SSSR count). The summed E-state index contributed by atoms with van der Waals surface area (Å²) >= 11 is 5.99. The summed E-state index contributed by atoms with van der Waals surface area (Å²) in [5, 5.41) is 6.44. The van der Waals surface area contributed by atoms with Crippen LogP contribution in [0.1, 0.15) is 5.56 Å². The van der Waals surface area contributed by atoms with Gasteiger partial charge < -0.3 is 15.5 Å². The number of nitrogens with zero attached hydrogens (tertiary/aromatic N) is 1. The first-order chi connectivity index (χ1) is 8.04. The number of carbonyl (C=O) groups is 1. The van der Waals surface area contributed by atoms with Gasteiger partial charge in [-0.05, 0) is 31.7 Å². The van der Waals surface area contributed by atoms with E-state index >= 15 is 0 Å². The van der Waals surface area contributed by atoms with Gasteiger partial charge in [0, 0.05) is 30.8 Å². The van der Waals surface area contributed by atoms with E-state index in [0.29, 0.717) is 17.3 Å². The topological polar surface area (TPSA) is 44.4 Å². The summed E-state index contributed by atoms with van der Waals surface area (Å²) in [6.07, 6.45) is 0. The largest absolute Gasteiger partial charge is 0.326 e. The number of rotatable bonds is 4. The molecular formula is C12H18ClN3O. The molecule has 0 spiro atoms. The Kier molecular flexibility index (Phi) is 5.25. The molecule has 0 atom stereocenters. The molecule has 0 aliphatic rings. The lowest BCUT2D eigenvalue weighted by Crippen LogP contribution is -2.35. The highest BCUT2D eigenvalue weighted by atomic mass is 35.5. The van der Waals surface area contributed by atoms with Crippen molar-refractivity contribution >= 4 is 23.3 Å². The maximum Gasteiger partial charge on any atom is 0.321 e. The number of urea groups is 1. The lowest BCUT2D eigenvalue weighted by atomic mass is 10.2.